The maximum atomic E-state index is 13.8. The molecule has 5 rings (SSSR count). The van der Waals surface area contributed by atoms with Crippen LogP contribution in [0, 0.1) is 13.8 Å². The monoisotopic (exact) mass is 486 g/mol. The lowest BCUT2D eigenvalue weighted by Crippen LogP contribution is -2.46. The fourth-order valence-electron chi connectivity index (χ4n) is 4.44. The number of aromatic nitrogens is 2. The Kier molecular flexibility index (Phi) is 6.61. The average Bonchev–Trinajstić information content (AvgIpc) is 3.30. The highest BCUT2D eigenvalue weighted by molar-refractivity contribution is 6.01. The van der Waals surface area contributed by atoms with Crippen LogP contribution in [0.1, 0.15) is 35.7 Å². The first kappa shape index (κ1) is 23.8. The Morgan fingerprint density at radius 1 is 1.22 bits per heavy atom. The number of aryl methyl sites for hydroxylation is 2. The van der Waals surface area contributed by atoms with Gasteiger partial charge in [0, 0.05) is 24.7 Å². The molecule has 0 saturated carbocycles. The van der Waals surface area contributed by atoms with Crippen LogP contribution in [0.2, 0.25) is 0 Å². The van der Waals surface area contributed by atoms with Crippen LogP contribution in [-0.2, 0) is 10.2 Å². The van der Waals surface area contributed by atoms with Crippen molar-refractivity contribution in [2.24, 2.45) is 0 Å². The van der Waals surface area contributed by atoms with Crippen molar-refractivity contribution in [3.05, 3.63) is 83.5 Å². The number of anilines is 1. The first-order valence-electron chi connectivity index (χ1n) is 12.1. The second-order valence-corrected chi connectivity index (χ2v) is 9.19. The highest BCUT2D eigenvalue weighted by Crippen LogP contribution is 2.38. The topological polar surface area (TPSA) is 98.5 Å². The van der Waals surface area contributed by atoms with Crippen molar-refractivity contribution in [1.29, 1.82) is 0 Å². The second kappa shape index (κ2) is 9.99. The van der Waals surface area contributed by atoms with Crippen molar-refractivity contribution in [3.8, 4) is 11.5 Å². The number of nitrogens with zero attached hydrogens (tertiary/aromatic N) is 2. The van der Waals surface area contributed by atoms with Gasteiger partial charge in [-0.25, -0.2) is 0 Å². The number of hydrogen-bond acceptors (Lipinski definition) is 7. The van der Waals surface area contributed by atoms with Crippen LogP contribution in [0.4, 0.5) is 5.69 Å². The van der Waals surface area contributed by atoms with E-state index in [9.17, 15) is 4.79 Å². The van der Waals surface area contributed by atoms with E-state index in [2.05, 4.69) is 45.9 Å². The van der Waals surface area contributed by atoms with E-state index in [-0.39, 0.29) is 5.91 Å². The zero-order valence-corrected chi connectivity index (χ0v) is 20.7. The molecule has 2 atom stereocenters. The van der Waals surface area contributed by atoms with E-state index in [1.54, 1.807) is 32.2 Å². The molecular formula is C28H30N4O4. The Bertz CT molecular complexity index is 1320. The summed E-state index contributed by atoms with van der Waals surface area (Å²) in [6.45, 7) is 5.33. The number of benzene rings is 2. The van der Waals surface area contributed by atoms with Crippen LogP contribution >= 0.6 is 0 Å². The Hall–Kier alpha value is -3.91. The summed E-state index contributed by atoms with van der Waals surface area (Å²) >= 11 is 0. The number of methoxy groups -OCH3 is 1. The zero-order chi connectivity index (χ0) is 25.1. The minimum Gasteiger partial charge on any atom is -0.493 e. The molecule has 1 fully saturated rings. The van der Waals surface area contributed by atoms with Crippen LogP contribution in [0.3, 0.4) is 0 Å². The van der Waals surface area contributed by atoms with Gasteiger partial charge in [-0.05, 0) is 55.1 Å². The molecule has 0 spiro atoms. The van der Waals surface area contributed by atoms with Crippen molar-refractivity contribution in [2.75, 3.05) is 25.6 Å². The van der Waals surface area contributed by atoms with Gasteiger partial charge in [0.15, 0.2) is 17.3 Å². The largest absolute Gasteiger partial charge is 0.493 e. The van der Waals surface area contributed by atoms with Crippen molar-refractivity contribution >= 4 is 17.2 Å². The number of carbonyl (C=O) groups is 1. The number of amides is 1. The fourth-order valence-corrected chi connectivity index (χ4v) is 4.44. The van der Waals surface area contributed by atoms with Gasteiger partial charge in [0.25, 0.3) is 0 Å². The van der Waals surface area contributed by atoms with E-state index in [0.29, 0.717) is 48.0 Å². The number of carbonyl (C=O) groups excluding carboxylic acids is 1. The van der Waals surface area contributed by atoms with Gasteiger partial charge >= 0.3 is 0 Å². The van der Waals surface area contributed by atoms with E-state index in [4.69, 9.17) is 14.0 Å². The predicted octanol–water partition coefficient (Wildman–Crippen LogP) is 4.36. The van der Waals surface area contributed by atoms with Gasteiger partial charge in [-0.3, -0.25) is 4.79 Å². The molecule has 2 unspecified atom stereocenters. The van der Waals surface area contributed by atoms with Gasteiger partial charge < -0.3 is 24.6 Å². The standard InChI is InChI=1S/C28H30N4O4/c1-18-6-4-5-7-23(18)20-10-13-28(14-11-20,26-30-19(2)36-32-26)27(33)31-21-8-9-24(34-3)25(16-21)35-17-22-12-15-29-22/h4-11,13,16,22,29H,12,14-15,17H2,1-3H3,(H,31,33). The summed E-state index contributed by atoms with van der Waals surface area (Å²) in [6.07, 6.45) is 7.37. The lowest BCUT2D eigenvalue weighted by molar-refractivity contribution is -0.120. The number of nitrogens with one attached hydrogen (secondary N) is 2. The Labute approximate surface area is 210 Å². The Morgan fingerprint density at radius 2 is 2.06 bits per heavy atom. The number of allylic oxidation sites excluding steroid dienone is 3. The maximum Gasteiger partial charge on any atom is 0.242 e. The Balaban J connectivity index is 1.41. The molecule has 36 heavy (non-hydrogen) atoms. The molecule has 0 bridgehead atoms. The molecule has 8 heteroatoms. The molecule has 2 aliphatic rings. The molecule has 0 radical (unpaired) electrons. The van der Waals surface area contributed by atoms with Gasteiger partial charge in [-0.2, -0.15) is 4.98 Å². The van der Waals surface area contributed by atoms with E-state index < -0.39 is 5.41 Å². The summed E-state index contributed by atoms with van der Waals surface area (Å²) < 4.78 is 16.7. The summed E-state index contributed by atoms with van der Waals surface area (Å²) in [7, 11) is 1.60. The third-order valence-corrected chi connectivity index (χ3v) is 6.77. The predicted molar refractivity (Wildman–Crippen MR) is 137 cm³/mol. The van der Waals surface area contributed by atoms with Crippen molar-refractivity contribution < 1.29 is 18.8 Å². The molecule has 186 valence electrons. The van der Waals surface area contributed by atoms with Crippen LogP contribution in [-0.4, -0.2) is 42.4 Å². The van der Waals surface area contributed by atoms with Crippen LogP contribution in [0.25, 0.3) is 5.57 Å². The molecule has 2 heterocycles. The van der Waals surface area contributed by atoms with Crippen molar-refractivity contribution in [1.82, 2.24) is 15.5 Å². The lowest BCUT2D eigenvalue weighted by Gasteiger charge is -2.29. The van der Waals surface area contributed by atoms with Crippen LogP contribution in [0.15, 0.2) is 65.2 Å². The minimum absolute atomic E-state index is 0.253. The summed E-state index contributed by atoms with van der Waals surface area (Å²) in [4.78, 5) is 18.2. The van der Waals surface area contributed by atoms with E-state index in [0.717, 1.165) is 24.1 Å². The Morgan fingerprint density at radius 3 is 2.69 bits per heavy atom. The lowest BCUT2D eigenvalue weighted by atomic mass is 9.77. The van der Waals surface area contributed by atoms with Crippen molar-refractivity contribution in [3.63, 3.8) is 0 Å². The van der Waals surface area contributed by atoms with Crippen LogP contribution < -0.4 is 20.1 Å². The molecule has 2 N–H and O–H groups in total. The van der Waals surface area contributed by atoms with E-state index >= 15 is 0 Å². The second-order valence-electron chi connectivity index (χ2n) is 9.19. The zero-order valence-electron chi connectivity index (χ0n) is 20.7. The number of rotatable bonds is 8. The van der Waals surface area contributed by atoms with E-state index in [1.165, 1.54) is 5.56 Å². The highest BCUT2D eigenvalue weighted by Gasteiger charge is 2.43. The molecule has 8 nitrogen and oxygen atoms in total. The molecule has 1 aliphatic carbocycles. The molecule has 1 aliphatic heterocycles. The summed E-state index contributed by atoms with van der Waals surface area (Å²) in [6, 6.07) is 13.9. The van der Waals surface area contributed by atoms with Crippen molar-refractivity contribution in [2.45, 2.75) is 38.1 Å². The first-order chi connectivity index (χ1) is 17.5. The third-order valence-electron chi connectivity index (χ3n) is 6.77. The average molecular weight is 487 g/mol. The van der Waals surface area contributed by atoms with Gasteiger partial charge in [0.2, 0.25) is 11.8 Å². The van der Waals surface area contributed by atoms with Gasteiger partial charge in [-0.1, -0.05) is 47.7 Å². The van der Waals surface area contributed by atoms with Gasteiger partial charge in [0.1, 0.15) is 12.0 Å². The first-order valence-corrected chi connectivity index (χ1v) is 12.1. The summed E-state index contributed by atoms with van der Waals surface area (Å²) in [5.74, 6) is 1.67. The normalized spacial score (nSPS) is 20.9. The maximum absolute atomic E-state index is 13.8. The molecule has 1 saturated heterocycles. The fraction of sp³-hybridized carbons (Fsp3) is 0.321. The molecule has 1 aromatic heterocycles. The molecule has 1 amide bonds. The SMILES string of the molecule is COc1ccc(NC(=O)C2(c3noc(C)n3)C=CC(c3ccccc3C)=CC2)cc1OCC1CCN1. The van der Waals surface area contributed by atoms with Gasteiger partial charge in [0.05, 0.1) is 7.11 Å². The number of ether oxygens (including phenoxy) is 2. The molecule has 2 aromatic carbocycles. The quantitative estimate of drug-likeness (QED) is 0.488. The van der Waals surface area contributed by atoms with E-state index in [1.807, 2.05) is 24.3 Å². The highest BCUT2D eigenvalue weighted by atomic mass is 16.5. The molecule has 3 aromatic rings. The van der Waals surface area contributed by atoms with Gasteiger partial charge in [-0.15, -0.1) is 0 Å². The molecular weight excluding hydrogens is 456 g/mol. The smallest absolute Gasteiger partial charge is 0.242 e. The minimum atomic E-state index is -1.11. The van der Waals surface area contributed by atoms with Crippen LogP contribution in [0.5, 0.6) is 11.5 Å². The summed E-state index contributed by atoms with van der Waals surface area (Å²) in [5, 5.41) is 10.5. The summed E-state index contributed by atoms with van der Waals surface area (Å²) in [5.41, 5.74) is 2.84. The number of hydrogen-bond donors (Lipinski definition) is 2. The third kappa shape index (κ3) is 4.64.